The first-order chi connectivity index (χ1) is 16.9. The Kier molecular flexibility index (Phi) is 6.19. The van der Waals surface area contributed by atoms with Gasteiger partial charge >= 0.3 is 0 Å². The fourth-order valence-corrected chi connectivity index (χ4v) is 5.74. The number of nitrogens with zero attached hydrogens (tertiary/aromatic N) is 4. The Morgan fingerprint density at radius 2 is 1.51 bits per heavy atom. The van der Waals surface area contributed by atoms with Gasteiger partial charge < -0.3 is 9.42 Å². The minimum atomic E-state index is -3.79. The third-order valence-electron chi connectivity index (χ3n) is 6.07. The molecule has 2 heterocycles. The monoisotopic (exact) mass is 488 g/mol. The van der Waals surface area contributed by atoms with Crippen molar-refractivity contribution >= 4 is 21.5 Å². The van der Waals surface area contributed by atoms with Crippen LogP contribution < -0.4 is 4.90 Å². The fraction of sp³-hybridized carbons (Fsp3) is 0.192. The minimum Gasteiger partial charge on any atom is -0.369 e. The van der Waals surface area contributed by atoms with Gasteiger partial charge in [0, 0.05) is 43.0 Å². The third kappa shape index (κ3) is 4.60. The molecule has 1 aliphatic heterocycles. The summed E-state index contributed by atoms with van der Waals surface area (Å²) in [5, 5.41) is 4.04. The topological polar surface area (TPSA) is 96.6 Å². The molecule has 1 saturated heterocycles. The molecular formula is C26H24N4O4S. The van der Waals surface area contributed by atoms with E-state index in [-0.39, 0.29) is 16.6 Å². The molecule has 3 aromatic carbocycles. The summed E-state index contributed by atoms with van der Waals surface area (Å²) in [5.41, 5.74) is 2.79. The van der Waals surface area contributed by atoms with Crippen LogP contribution in [0, 0.1) is 0 Å². The van der Waals surface area contributed by atoms with Crippen molar-refractivity contribution in [1.82, 2.24) is 14.4 Å². The average Bonchev–Trinajstić information content (AvgIpc) is 3.40. The zero-order valence-electron chi connectivity index (χ0n) is 19.2. The highest BCUT2D eigenvalue weighted by Crippen LogP contribution is 2.31. The molecule has 4 aromatic rings. The molecule has 1 aromatic heterocycles. The lowest BCUT2D eigenvalue weighted by Gasteiger charge is -2.35. The van der Waals surface area contributed by atoms with Gasteiger partial charge in [-0.2, -0.15) is 9.29 Å². The van der Waals surface area contributed by atoms with Gasteiger partial charge in [0.2, 0.25) is 15.8 Å². The van der Waals surface area contributed by atoms with Crippen molar-refractivity contribution < 1.29 is 17.7 Å². The van der Waals surface area contributed by atoms with E-state index in [0.29, 0.717) is 43.1 Å². The number of benzene rings is 3. The van der Waals surface area contributed by atoms with Crippen molar-refractivity contribution in [3.05, 3.63) is 84.4 Å². The van der Waals surface area contributed by atoms with Crippen LogP contribution in [0.25, 0.3) is 22.8 Å². The molecular weight excluding hydrogens is 464 g/mol. The number of sulfonamides is 1. The first-order valence-corrected chi connectivity index (χ1v) is 12.7. The Labute approximate surface area is 203 Å². The predicted octanol–water partition coefficient (Wildman–Crippen LogP) is 4.12. The van der Waals surface area contributed by atoms with Crippen LogP contribution in [0.15, 0.2) is 88.3 Å². The van der Waals surface area contributed by atoms with Crippen LogP contribution >= 0.6 is 0 Å². The molecule has 1 fully saturated rings. The molecule has 0 unspecified atom stereocenters. The van der Waals surface area contributed by atoms with Crippen molar-refractivity contribution in [2.45, 2.75) is 11.8 Å². The molecule has 8 nitrogen and oxygen atoms in total. The Morgan fingerprint density at radius 1 is 0.857 bits per heavy atom. The lowest BCUT2D eigenvalue weighted by Crippen LogP contribution is -2.48. The zero-order valence-corrected chi connectivity index (χ0v) is 20.0. The summed E-state index contributed by atoms with van der Waals surface area (Å²) in [5.74, 6) is 0.577. The zero-order chi connectivity index (χ0) is 24.4. The number of carbonyl (C=O) groups is 1. The maximum atomic E-state index is 13.6. The van der Waals surface area contributed by atoms with Gasteiger partial charge in [-0.05, 0) is 43.3 Å². The SMILES string of the molecule is CC(=O)c1ccc(N2CCN(S(=O)(=O)c3ccccc3-c3nc(-c4ccccc4)no3)CC2)cc1. The summed E-state index contributed by atoms with van der Waals surface area (Å²) < 4.78 is 34.1. The number of carbonyl (C=O) groups excluding carboxylic acids is 1. The first-order valence-electron chi connectivity index (χ1n) is 11.3. The van der Waals surface area contributed by atoms with E-state index < -0.39 is 10.0 Å². The summed E-state index contributed by atoms with van der Waals surface area (Å²) >= 11 is 0. The van der Waals surface area contributed by atoms with Crippen LogP contribution in [0.5, 0.6) is 0 Å². The second-order valence-corrected chi connectivity index (χ2v) is 10.2. The van der Waals surface area contributed by atoms with E-state index in [2.05, 4.69) is 15.0 Å². The normalized spacial score (nSPS) is 14.7. The number of anilines is 1. The van der Waals surface area contributed by atoms with E-state index in [1.807, 2.05) is 42.5 Å². The summed E-state index contributed by atoms with van der Waals surface area (Å²) in [4.78, 5) is 18.2. The van der Waals surface area contributed by atoms with Gasteiger partial charge in [-0.15, -0.1) is 0 Å². The Morgan fingerprint density at radius 3 is 2.20 bits per heavy atom. The van der Waals surface area contributed by atoms with Gasteiger partial charge in [0.1, 0.15) is 0 Å². The van der Waals surface area contributed by atoms with Crippen LogP contribution in [-0.2, 0) is 10.0 Å². The molecule has 0 bridgehead atoms. The lowest BCUT2D eigenvalue weighted by molar-refractivity contribution is 0.101. The van der Waals surface area contributed by atoms with Crippen molar-refractivity contribution in [2.75, 3.05) is 31.1 Å². The van der Waals surface area contributed by atoms with Crippen LogP contribution in [0.1, 0.15) is 17.3 Å². The molecule has 35 heavy (non-hydrogen) atoms. The molecule has 178 valence electrons. The lowest BCUT2D eigenvalue weighted by atomic mass is 10.1. The highest BCUT2D eigenvalue weighted by molar-refractivity contribution is 7.89. The van der Waals surface area contributed by atoms with Crippen molar-refractivity contribution in [2.24, 2.45) is 0 Å². The molecule has 0 saturated carbocycles. The van der Waals surface area contributed by atoms with Gasteiger partial charge in [0.15, 0.2) is 5.78 Å². The molecule has 0 spiro atoms. The molecule has 1 aliphatic rings. The van der Waals surface area contributed by atoms with Crippen molar-refractivity contribution in [3.63, 3.8) is 0 Å². The number of ketones is 1. The number of piperazine rings is 1. The highest BCUT2D eigenvalue weighted by atomic mass is 32.2. The molecule has 9 heteroatoms. The quantitative estimate of drug-likeness (QED) is 0.377. The van der Waals surface area contributed by atoms with E-state index >= 15 is 0 Å². The predicted molar refractivity (Wildman–Crippen MR) is 133 cm³/mol. The van der Waals surface area contributed by atoms with Gasteiger partial charge in [0.05, 0.1) is 10.5 Å². The van der Waals surface area contributed by atoms with E-state index in [0.717, 1.165) is 11.3 Å². The first kappa shape index (κ1) is 22.9. The van der Waals surface area contributed by atoms with E-state index in [4.69, 9.17) is 4.52 Å². The Balaban J connectivity index is 1.36. The molecule has 0 N–H and O–H groups in total. The van der Waals surface area contributed by atoms with Crippen LogP contribution in [0.4, 0.5) is 5.69 Å². The van der Waals surface area contributed by atoms with Crippen molar-refractivity contribution in [1.29, 1.82) is 0 Å². The molecule has 0 amide bonds. The summed E-state index contributed by atoms with van der Waals surface area (Å²) in [6.45, 7) is 3.29. The molecule has 0 radical (unpaired) electrons. The second-order valence-electron chi connectivity index (χ2n) is 8.28. The van der Waals surface area contributed by atoms with Crippen molar-refractivity contribution in [3.8, 4) is 22.8 Å². The summed E-state index contributed by atoms with van der Waals surface area (Å²) in [7, 11) is -3.79. The maximum absolute atomic E-state index is 13.6. The van der Waals surface area contributed by atoms with E-state index in [9.17, 15) is 13.2 Å². The van der Waals surface area contributed by atoms with Crippen LogP contribution in [-0.4, -0.2) is 54.8 Å². The van der Waals surface area contributed by atoms with Gasteiger partial charge in [-0.1, -0.05) is 47.6 Å². The Bertz CT molecular complexity index is 1440. The number of hydrogen-bond donors (Lipinski definition) is 0. The molecule has 5 rings (SSSR count). The highest BCUT2D eigenvalue weighted by Gasteiger charge is 2.31. The third-order valence-corrected chi connectivity index (χ3v) is 8.03. The second kappa shape index (κ2) is 9.44. The van der Waals surface area contributed by atoms with E-state index in [1.165, 1.54) is 11.2 Å². The van der Waals surface area contributed by atoms with Gasteiger partial charge in [-0.25, -0.2) is 8.42 Å². The van der Waals surface area contributed by atoms with Gasteiger partial charge in [-0.3, -0.25) is 4.79 Å². The number of rotatable bonds is 6. The smallest absolute Gasteiger partial charge is 0.259 e. The van der Waals surface area contributed by atoms with Crippen LogP contribution in [0.3, 0.4) is 0 Å². The summed E-state index contributed by atoms with van der Waals surface area (Å²) in [6, 6.07) is 23.5. The summed E-state index contributed by atoms with van der Waals surface area (Å²) in [6.07, 6.45) is 0. The standard InChI is InChI=1S/C26H24N4O4S/c1-19(31)20-11-13-22(14-12-20)29-15-17-30(18-16-29)35(32,33)24-10-6-5-9-23(24)26-27-25(28-34-26)21-7-3-2-4-8-21/h2-14H,15-18H2,1H3. The molecule has 0 atom stereocenters. The van der Waals surface area contributed by atoms with Gasteiger partial charge in [0.25, 0.3) is 5.89 Å². The number of hydrogen-bond acceptors (Lipinski definition) is 7. The minimum absolute atomic E-state index is 0.0169. The number of aromatic nitrogens is 2. The largest absolute Gasteiger partial charge is 0.369 e. The number of Topliss-reactive ketones (excluding diaryl/α,β-unsaturated/α-hetero) is 1. The van der Waals surface area contributed by atoms with Crippen LogP contribution in [0.2, 0.25) is 0 Å². The fourth-order valence-electron chi connectivity index (χ4n) is 4.14. The maximum Gasteiger partial charge on any atom is 0.259 e. The molecule has 0 aliphatic carbocycles. The van der Waals surface area contributed by atoms with E-state index in [1.54, 1.807) is 36.4 Å². The Hall–Kier alpha value is -3.82. The average molecular weight is 489 g/mol.